The minimum Gasteiger partial charge on any atom is -1.00 e. The molecule has 0 saturated heterocycles. The van der Waals surface area contributed by atoms with Gasteiger partial charge in [0.2, 0.25) is 0 Å². The van der Waals surface area contributed by atoms with Gasteiger partial charge in [-0.25, -0.2) is 0 Å². The Balaban J connectivity index is 0.00000441. The second-order valence-electron chi connectivity index (χ2n) is 15.9. The van der Waals surface area contributed by atoms with Crippen molar-refractivity contribution in [2.45, 2.75) is 143 Å². The normalized spacial score (nSPS) is 18.7. The molecule has 232 valence electrons. The minimum absolute atomic E-state index is 0. The Labute approximate surface area is 272 Å². The molecule has 1 saturated carbocycles. The van der Waals surface area contributed by atoms with Crippen LogP contribution in [-0.4, -0.2) is 24.5 Å². The van der Waals surface area contributed by atoms with Gasteiger partial charge in [0.25, 0.3) is 0 Å². The molecule has 1 aliphatic rings. The molecule has 42 heavy (non-hydrogen) atoms. The number of aliphatic imine (C=N–C) groups is 2. The second-order valence-corrected chi connectivity index (χ2v) is 15.9. The summed E-state index contributed by atoms with van der Waals surface area (Å²) < 4.78 is 0. The molecular weight excluding hydrogens is 583 g/mol. The maximum absolute atomic E-state index is 13.5. The summed E-state index contributed by atoms with van der Waals surface area (Å²) in [5.74, 6) is 0.120. The van der Waals surface area contributed by atoms with Crippen LogP contribution < -0.4 is 22.6 Å². The van der Waals surface area contributed by atoms with Gasteiger partial charge in [-0.1, -0.05) is 132 Å². The van der Waals surface area contributed by atoms with Gasteiger partial charge in [0.15, 0.2) is 0 Å². The number of hydrogen-bond donors (Lipinski definition) is 0. The van der Waals surface area contributed by atoms with E-state index in [1.165, 1.54) is 0 Å². The van der Waals surface area contributed by atoms with Gasteiger partial charge in [-0.3, -0.25) is 9.98 Å². The molecule has 0 unspecified atom stereocenters. The third-order valence-corrected chi connectivity index (χ3v) is 8.09. The van der Waals surface area contributed by atoms with Gasteiger partial charge in [-0.05, 0) is 67.9 Å². The summed E-state index contributed by atoms with van der Waals surface area (Å²) in [4.78, 5) is 9.95. The number of benzene rings is 2. The molecule has 0 N–H and O–H groups in total. The Bertz CT molecular complexity index is 1170. The van der Waals surface area contributed by atoms with E-state index in [1.807, 2.05) is 12.1 Å². The van der Waals surface area contributed by atoms with E-state index >= 15 is 0 Å². The maximum atomic E-state index is 13.5. The standard InChI is InChI=1S/C36H54N2O2.ClH.Mn/c1-33(2,3)25-17-23(31(39)27(19-25)35(7,8)9)21-37-29-15-13-14-16-30(29)38-22-24-18-26(34(4,5)6)20-28(32(24)40)36(10,11)12;;/h17-22,29-30,39-40H,13-16H2,1-12H3;1H;/q;;+3/p-3/t29-,30-;;/m0../s1. The molecule has 2 atom stereocenters. The molecule has 3 rings (SSSR count). The smallest absolute Gasteiger partial charge is 1.00 e. The average molecular weight is 635 g/mol. The Morgan fingerprint density at radius 1 is 0.571 bits per heavy atom. The first-order chi connectivity index (χ1) is 18.2. The predicted octanol–water partition coefficient (Wildman–Crippen LogP) is 4.87. The molecule has 0 bridgehead atoms. The monoisotopic (exact) mass is 634 g/mol. The van der Waals surface area contributed by atoms with Crippen LogP contribution in [0.1, 0.15) is 142 Å². The van der Waals surface area contributed by atoms with E-state index in [2.05, 4.69) is 95.2 Å². The van der Waals surface area contributed by atoms with E-state index in [-0.39, 0.29) is 74.7 Å². The molecule has 1 aliphatic carbocycles. The Kier molecular flexibility index (Phi) is 12.6. The van der Waals surface area contributed by atoms with Crippen molar-refractivity contribution >= 4 is 12.4 Å². The van der Waals surface area contributed by atoms with Crippen LogP contribution >= 0.6 is 0 Å². The molecule has 0 radical (unpaired) electrons. The van der Waals surface area contributed by atoms with Gasteiger partial charge in [0, 0.05) is 12.4 Å². The van der Waals surface area contributed by atoms with E-state index in [0.717, 1.165) is 47.9 Å². The third-order valence-electron chi connectivity index (χ3n) is 8.09. The third kappa shape index (κ3) is 9.34. The van der Waals surface area contributed by atoms with Crippen molar-refractivity contribution in [2.24, 2.45) is 9.98 Å². The predicted molar refractivity (Wildman–Crippen MR) is 168 cm³/mol. The topological polar surface area (TPSA) is 70.8 Å². The van der Waals surface area contributed by atoms with Crippen molar-refractivity contribution in [3.8, 4) is 11.5 Å². The van der Waals surface area contributed by atoms with Crippen LogP contribution in [0.4, 0.5) is 0 Å². The molecule has 0 aromatic heterocycles. The van der Waals surface area contributed by atoms with Crippen molar-refractivity contribution in [1.29, 1.82) is 0 Å². The summed E-state index contributed by atoms with van der Waals surface area (Å²) in [6.07, 6.45) is 7.63. The maximum Gasteiger partial charge on any atom is 3.00 e. The molecule has 0 amide bonds. The molecule has 0 aliphatic heterocycles. The average Bonchev–Trinajstić information content (AvgIpc) is 2.80. The van der Waals surface area contributed by atoms with Crippen molar-refractivity contribution in [2.75, 3.05) is 0 Å². The van der Waals surface area contributed by atoms with Crippen LogP contribution in [0.5, 0.6) is 11.5 Å². The fourth-order valence-corrected chi connectivity index (χ4v) is 5.27. The molecule has 6 heteroatoms. The van der Waals surface area contributed by atoms with Crippen molar-refractivity contribution in [1.82, 2.24) is 0 Å². The molecule has 0 spiro atoms. The SMILES string of the molecule is CC(C)(C)c1cc(C=N[C@H]2CCCC[C@@H]2N=Cc2cc(C(C)(C)C)cc(C(C)(C)C)c2[O-])c([O-])c(C(C)(C)C)c1.[Cl-].[Mn+3]. The van der Waals surface area contributed by atoms with Crippen molar-refractivity contribution < 1.29 is 39.7 Å². The summed E-state index contributed by atoms with van der Waals surface area (Å²) >= 11 is 0. The Morgan fingerprint density at radius 3 is 1.14 bits per heavy atom. The quantitative estimate of drug-likeness (QED) is 0.356. The van der Waals surface area contributed by atoms with E-state index in [4.69, 9.17) is 9.98 Å². The zero-order valence-corrected chi connectivity index (χ0v) is 29.9. The fourth-order valence-electron chi connectivity index (χ4n) is 5.27. The van der Waals surface area contributed by atoms with E-state index < -0.39 is 0 Å². The Morgan fingerprint density at radius 2 is 0.881 bits per heavy atom. The zero-order chi connectivity index (χ0) is 30.3. The number of nitrogens with zero attached hydrogens (tertiary/aromatic N) is 2. The van der Waals surface area contributed by atoms with Gasteiger partial charge >= 0.3 is 17.1 Å². The largest absolute Gasteiger partial charge is 3.00 e. The van der Waals surface area contributed by atoms with Crippen LogP contribution in [0.2, 0.25) is 0 Å². The van der Waals surface area contributed by atoms with E-state index in [0.29, 0.717) is 11.1 Å². The first-order valence-electron chi connectivity index (χ1n) is 15.0. The molecular formula is C36H52ClMnN2O2. The van der Waals surface area contributed by atoms with Gasteiger partial charge < -0.3 is 22.6 Å². The van der Waals surface area contributed by atoms with Crippen LogP contribution in [0.15, 0.2) is 34.3 Å². The van der Waals surface area contributed by atoms with Gasteiger partial charge in [-0.15, -0.1) is 0 Å². The fraction of sp³-hybridized carbons (Fsp3) is 0.611. The summed E-state index contributed by atoms with van der Waals surface area (Å²) in [5.41, 5.74) is 4.62. The van der Waals surface area contributed by atoms with Gasteiger partial charge in [-0.2, -0.15) is 0 Å². The molecule has 2 aromatic rings. The molecule has 4 nitrogen and oxygen atoms in total. The van der Waals surface area contributed by atoms with Crippen LogP contribution in [0, 0.1) is 0 Å². The molecule has 0 heterocycles. The summed E-state index contributed by atoms with van der Waals surface area (Å²) in [5, 5.41) is 26.9. The minimum atomic E-state index is -0.248. The Hall–Kier alpha value is -1.81. The summed E-state index contributed by atoms with van der Waals surface area (Å²) in [6.45, 7) is 25.6. The first-order valence-corrected chi connectivity index (χ1v) is 15.0. The van der Waals surface area contributed by atoms with Crippen LogP contribution in [-0.2, 0) is 38.7 Å². The molecule has 2 aromatic carbocycles. The first kappa shape index (κ1) is 38.2. The van der Waals surface area contributed by atoms with Gasteiger partial charge in [0.1, 0.15) is 0 Å². The zero-order valence-electron chi connectivity index (χ0n) is 27.9. The second kappa shape index (κ2) is 13.9. The van der Waals surface area contributed by atoms with Crippen molar-refractivity contribution in [3.63, 3.8) is 0 Å². The van der Waals surface area contributed by atoms with Crippen LogP contribution in [0.3, 0.4) is 0 Å². The summed E-state index contributed by atoms with van der Waals surface area (Å²) in [7, 11) is 0. The number of rotatable bonds is 4. The molecule has 1 fully saturated rings. The number of hydrogen-bond acceptors (Lipinski definition) is 4. The van der Waals surface area contributed by atoms with Crippen LogP contribution in [0.25, 0.3) is 0 Å². The van der Waals surface area contributed by atoms with E-state index in [1.54, 1.807) is 12.4 Å². The van der Waals surface area contributed by atoms with E-state index in [9.17, 15) is 10.2 Å². The number of halogens is 1. The summed E-state index contributed by atoms with van der Waals surface area (Å²) in [6, 6.07) is 8.15. The van der Waals surface area contributed by atoms with Crippen molar-refractivity contribution in [3.05, 3.63) is 57.6 Å². The van der Waals surface area contributed by atoms with Gasteiger partial charge in [0.05, 0.1) is 12.1 Å².